The van der Waals surface area contributed by atoms with Crippen molar-refractivity contribution < 1.29 is 14.5 Å². The monoisotopic (exact) mass is 487 g/mol. The zero-order valence-corrected chi connectivity index (χ0v) is 17.8. The number of nitro groups is 1. The number of amides is 1. The first-order chi connectivity index (χ1) is 14.4. The standard InChI is InChI=1S/C21H15BrClN3O4/c22-17-5-10-20(30-13-14-1-8-19(9-2-14)26(28)29)16(11-17)12-24-25-21(27)15-3-6-18(23)7-4-15/h1-12H,13H2,(H,25,27)/b24-12-. The number of hydrogen-bond donors (Lipinski definition) is 1. The Bertz CT molecular complexity index is 1090. The molecule has 9 heteroatoms. The summed E-state index contributed by atoms with van der Waals surface area (Å²) in [6.45, 7) is 0.220. The van der Waals surface area contributed by atoms with Gasteiger partial charge in [-0.25, -0.2) is 5.43 Å². The lowest BCUT2D eigenvalue weighted by molar-refractivity contribution is -0.384. The molecule has 0 aliphatic rings. The number of non-ortho nitro benzene ring substituents is 1. The Kier molecular flexibility index (Phi) is 7.16. The van der Waals surface area contributed by atoms with Crippen LogP contribution < -0.4 is 10.2 Å². The normalized spacial score (nSPS) is 10.7. The highest BCUT2D eigenvalue weighted by Crippen LogP contribution is 2.23. The quantitative estimate of drug-likeness (QED) is 0.275. The van der Waals surface area contributed by atoms with E-state index in [0.29, 0.717) is 21.9 Å². The molecule has 7 nitrogen and oxygen atoms in total. The maximum Gasteiger partial charge on any atom is 0.271 e. The summed E-state index contributed by atoms with van der Waals surface area (Å²) in [5, 5.41) is 15.3. The summed E-state index contributed by atoms with van der Waals surface area (Å²) in [4.78, 5) is 22.4. The van der Waals surface area contributed by atoms with Crippen LogP contribution in [0.5, 0.6) is 5.75 Å². The average molecular weight is 489 g/mol. The highest BCUT2D eigenvalue weighted by Gasteiger charge is 2.07. The second-order valence-electron chi connectivity index (χ2n) is 6.10. The van der Waals surface area contributed by atoms with Crippen molar-refractivity contribution in [3.8, 4) is 5.75 Å². The molecule has 0 unspecified atom stereocenters. The van der Waals surface area contributed by atoms with Gasteiger partial charge in [-0.1, -0.05) is 27.5 Å². The van der Waals surface area contributed by atoms with Crippen molar-refractivity contribution in [1.82, 2.24) is 5.43 Å². The second kappa shape index (κ2) is 10.00. The second-order valence-corrected chi connectivity index (χ2v) is 7.45. The fraction of sp³-hybridized carbons (Fsp3) is 0.0476. The predicted octanol–water partition coefficient (Wildman–Crippen LogP) is 5.35. The Morgan fingerprint density at radius 3 is 2.50 bits per heavy atom. The summed E-state index contributed by atoms with van der Waals surface area (Å²) in [5.74, 6) is 0.173. The number of benzene rings is 3. The summed E-state index contributed by atoms with van der Waals surface area (Å²) < 4.78 is 6.64. The first-order valence-electron chi connectivity index (χ1n) is 8.67. The summed E-state index contributed by atoms with van der Waals surface area (Å²) in [5.41, 5.74) is 4.33. The molecule has 0 aliphatic carbocycles. The van der Waals surface area contributed by atoms with Gasteiger partial charge in [0, 0.05) is 32.8 Å². The number of rotatable bonds is 7. The SMILES string of the molecule is O=C(N/N=C\c1cc(Br)ccc1OCc1ccc([N+](=O)[O-])cc1)c1ccc(Cl)cc1. The van der Waals surface area contributed by atoms with Gasteiger partial charge in [-0.05, 0) is 60.2 Å². The van der Waals surface area contributed by atoms with E-state index in [1.807, 2.05) is 6.07 Å². The van der Waals surface area contributed by atoms with Gasteiger partial charge in [-0.2, -0.15) is 5.10 Å². The molecule has 0 saturated carbocycles. The lowest BCUT2D eigenvalue weighted by Crippen LogP contribution is -2.17. The Balaban J connectivity index is 1.67. The van der Waals surface area contributed by atoms with Crippen LogP contribution in [0.1, 0.15) is 21.5 Å². The number of nitrogens with zero attached hydrogens (tertiary/aromatic N) is 2. The Hall–Kier alpha value is -3.23. The van der Waals surface area contributed by atoms with Gasteiger partial charge in [0.05, 0.1) is 11.1 Å². The third-order valence-corrected chi connectivity index (χ3v) is 4.73. The van der Waals surface area contributed by atoms with E-state index < -0.39 is 4.92 Å². The minimum atomic E-state index is -0.452. The molecule has 3 aromatic carbocycles. The van der Waals surface area contributed by atoms with Crippen LogP contribution in [0.25, 0.3) is 0 Å². The maximum atomic E-state index is 12.1. The van der Waals surface area contributed by atoms with Gasteiger partial charge < -0.3 is 4.74 Å². The molecule has 0 atom stereocenters. The highest BCUT2D eigenvalue weighted by molar-refractivity contribution is 9.10. The van der Waals surface area contributed by atoms with E-state index in [0.717, 1.165) is 10.0 Å². The van der Waals surface area contributed by atoms with Crippen LogP contribution in [0.15, 0.2) is 76.3 Å². The molecule has 0 aliphatic heterocycles. The molecule has 3 rings (SSSR count). The summed E-state index contributed by atoms with van der Waals surface area (Å²) in [6.07, 6.45) is 1.48. The fourth-order valence-electron chi connectivity index (χ4n) is 2.45. The van der Waals surface area contributed by atoms with E-state index in [4.69, 9.17) is 16.3 Å². The van der Waals surface area contributed by atoms with E-state index in [1.54, 1.807) is 48.5 Å². The molecule has 0 fully saturated rings. The van der Waals surface area contributed by atoms with Crippen molar-refractivity contribution >= 4 is 45.3 Å². The van der Waals surface area contributed by atoms with E-state index in [1.165, 1.54) is 18.3 Å². The molecule has 1 N–H and O–H groups in total. The molecule has 0 saturated heterocycles. The van der Waals surface area contributed by atoms with Gasteiger partial charge in [-0.3, -0.25) is 14.9 Å². The lowest BCUT2D eigenvalue weighted by Gasteiger charge is -2.10. The Morgan fingerprint density at radius 1 is 1.13 bits per heavy atom. The lowest BCUT2D eigenvalue weighted by atomic mass is 10.2. The van der Waals surface area contributed by atoms with Crippen molar-refractivity contribution in [2.75, 3.05) is 0 Å². The first kappa shape index (κ1) is 21.5. The van der Waals surface area contributed by atoms with Crippen LogP contribution in [0.2, 0.25) is 5.02 Å². The van der Waals surface area contributed by atoms with Crippen molar-refractivity contribution in [3.05, 3.63) is 103 Å². The number of halogens is 2. The molecule has 152 valence electrons. The van der Waals surface area contributed by atoms with Gasteiger partial charge in [0.1, 0.15) is 12.4 Å². The predicted molar refractivity (Wildman–Crippen MR) is 118 cm³/mol. The molecule has 0 bridgehead atoms. The van der Waals surface area contributed by atoms with Crippen molar-refractivity contribution in [1.29, 1.82) is 0 Å². The van der Waals surface area contributed by atoms with E-state index >= 15 is 0 Å². The number of nitro benzene ring substituents is 1. The Labute approximate surface area is 185 Å². The summed E-state index contributed by atoms with van der Waals surface area (Å²) in [6, 6.07) is 17.9. The van der Waals surface area contributed by atoms with Gasteiger partial charge >= 0.3 is 0 Å². The minimum Gasteiger partial charge on any atom is -0.488 e. The molecule has 3 aromatic rings. The van der Waals surface area contributed by atoms with Crippen molar-refractivity contribution in [3.63, 3.8) is 0 Å². The molecule has 30 heavy (non-hydrogen) atoms. The molecule has 1 amide bonds. The summed E-state index contributed by atoms with van der Waals surface area (Å²) in [7, 11) is 0. The number of carbonyl (C=O) groups excluding carboxylic acids is 1. The number of hydrazone groups is 1. The largest absolute Gasteiger partial charge is 0.488 e. The van der Waals surface area contributed by atoms with Gasteiger partial charge in [0.15, 0.2) is 0 Å². The maximum absolute atomic E-state index is 12.1. The Morgan fingerprint density at radius 2 is 1.83 bits per heavy atom. The molecule has 0 heterocycles. The van der Waals surface area contributed by atoms with Crippen LogP contribution in [0.4, 0.5) is 5.69 Å². The van der Waals surface area contributed by atoms with Crippen LogP contribution >= 0.6 is 27.5 Å². The van der Waals surface area contributed by atoms with Gasteiger partial charge in [0.2, 0.25) is 0 Å². The average Bonchev–Trinajstić information content (AvgIpc) is 2.74. The number of ether oxygens (including phenoxy) is 1. The van der Waals surface area contributed by atoms with Gasteiger partial charge in [-0.15, -0.1) is 0 Å². The van der Waals surface area contributed by atoms with E-state index in [-0.39, 0.29) is 18.2 Å². The molecule has 0 aromatic heterocycles. The molecule has 0 spiro atoms. The minimum absolute atomic E-state index is 0.0200. The number of carbonyl (C=O) groups is 1. The molecular formula is C21H15BrClN3O4. The zero-order valence-electron chi connectivity index (χ0n) is 15.4. The highest BCUT2D eigenvalue weighted by atomic mass is 79.9. The summed E-state index contributed by atoms with van der Waals surface area (Å²) >= 11 is 9.22. The third-order valence-electron chi connectivity index (χ3n) is 3.99. The fourth-order valence-corrected chi connectivity index (χ4v) is 2.96. The van der Waals surface area contributed by atoms with Crippen molar-refractivity contribution in [2.45, 2.75) is 6.61 Å². The van der Waals surface area contributed by atoms with Crippen molar-refractivity contribution in [2.24, 2.45) is 5.10 Å². The zero-order chi connectivity index (χ0) is 21.5. The molecular weight excluding hydrogens is 474 g/mol. The third kappa shape index (κ3) is 5.88. The first-order valence-corrected chi connectivity index (χ1v) is 9.84. The topological polar surface area (TPSA) is 93.8 Å². The van der Waals surface area contributed by atoms with Crippen LogP contribution in [-0.2, 0) is 6.61 Å². The van der Waals surface area contributed by atoms with Crippen LogP contribution in [-0.4, -0.2) is 17.0 Å². The van der Waals surface area contributed by atoms with Gasteiger partial charge in [0.25, 0.3) is 11.6 Å². The van der Waals surface area contributed by atoms with Crippen LogP contribution in [0, 0.1) is 10.1 Å². The number of nitrogens with one attached hydrogen (secondary N) is 1. The number of hydrogen-bond acceptors (Lipinski definition) is 5. The van der Waals surface area contributed by atoms with Crippen LogP contribution in [0.3, 0.4) is 0 Å². The molecule has 0 radical (unpaired) electrons. The van der Waals surface area contributed by atoms with E-state index in [9.17, 15) is 14.9 Å². The smallest absolute Gasteiger partial charge is 0.271 e. The van der Waals surface area contributed by atoms with E-state index in [2.05, 4.69) is 26.5 Å².